The highest BCUT2D eigenvalue weighted by Crippen LogP contribution is 2.29. The van der Waals surface area contributed by atoms with E-state index in [1.165, 1.54) is 0 Å². The maximum absolute atomic E-state index is 12.3. The van der Waals surface area contributed by atoms with Crippen molar-refractivity contribution in [1.29, 1.82) is 0 Å². The number of esters is 1. The van der Waals surface area contributed by atoms with Gasteiger partial charge in [0, 0.05) is 11.8 Å². The predicted octanol–water partition coefficient (Wildman–Crippen LogP) is 4.35. The maximum atomic E-state index is 12.3. The van der Waals surface area contributed by atoms with Gasteiger partial charge in [0.05, 0.1) is 17.7 Å². The van der Waals surface area contributed by atoms with E-state index in [2.05, 4.69) is 5.18 Å². The number of carbonyl (C=O) groups is 1. The van der Waals surface area contributed by atoms with Crippen LogP contribution in [0.2, 0.25) is 0 Å². The number of benzene rings is 2. The molecule has 132 valence electrons. The second-order valence-electron chi connectivity index (χ2n) is 5.81. The summed E-state index contributed by atoms with van der Waals surface area (Å²) in [4.78, 5) is 35.4. The van der Waals surface area contributed by atoms with E-state index in [1.54, 1.807) is 48.5 Å². The van der Waals surface area contributed by atoms with Crippen molar-refractivity contribution < 1.29 is 13.9 Å². The fraction of sp³-hybridized carbons (Fsp3) is 0.200. The number of rotatable bonds is 6. The van der Waals surface area contributed by atoms with Crippen LogP contribution in [0.1, 0.15) is 34.8 Å². The van der Waals surface area contributed by atoms with Gasteiger partial charge in [-0.3, -0.25) is 0 Å². The highest BCUT2D eigenvalue weighted by molar-refractivity contribution is 5.90. The van der Waals surface area contributed by atoms with Gasteiger partial charge in [0.1, 0.15) is 11.3 Å². The molecule has 0 unspecified atom stereocenters. The zero-order valence-corrected chi connectivity index (χ0v) is 14.2. The first kappa shape index (κ1) is 17.5. The monoisotopic (exact) mass is 351 g/mol. The van der Waals surface area contributed by atoms with Gasteiger partial charge in [-0.2, -0.15) is 0 Å². The molecule has 0 saturated carbocycles. The Kier molecular flexibility index (Phi) is 5.22. The molecule has 3 aromatic rings. The molecule has 0 radical (unpaired) electrons. The summed E-state index contributed by atoms with van der Waals surface area (Å²) in [5.74, 6) is -0.390. The Balaban J connectivity index is 1.92. The molecule has 0 atom stereocenters. The Bertz CT molecular complexity index is 1000. The van der Waals surface area contributed by atoms with Crippen molar-refractivity contribution in [3.05, 3.63) is 80.5 Å². The van der Waals surface area contributed by atoms with Crippen molar-refractivity contribution in [1.82, 2.24) is 0 Å². The quantitative estimate of drug-likeness (QED) is 0.374. The molecule has 0 saturated heterocycles. The molecular weight excluding hydrogens is 334 g/mol. The van der Waals surface area contributed by atoms with Crippen molar-refractivity contribution in [3.63, 3.8) is 0 Å². The smallest absolute Gasteiger partial charge is 0.342 e. The van der Waals surface area contributed by atoms with Gasteiger partial charge in [-0.05, 0) is 41.4 Å². The largest absolute Gasteiger partial charge is 0.462 e. The number of hydrogen-bond acceptors (Lipinski definition) is 6. The van der Waals surface area contributed by atoms with E-state index < -0.39 is 5.63 Å². The van der Waals surface area contributed by atoms with Crippen molar-refractivity contribution in [2.45, 2.75) is 19.8 Å². The molecule has 0 aliphatic carbocycles. The van der Waals surface area contributed by atoms with Crippen LogP contribution in [0.25, 0.3) is 11.0 Å². The van der Waals surface area contributed by atoms with Crippen LogP contribution < -0.4 is 5.63 Å². The predicted molar refractivity (Wildman–Crippen MR) is 97.8 cm³/mol. The van der Waals surface area contributed by atoms with Crippen LogP contribution in [0.3, 0.4) is 0 Å². The minimum Gasteiger partial charge on any atom is -0.462 e. The Morgan fingerprint density at radius 1 is 1.12 bits per heavy atom. The van der Waals surface area contributed by atoms with Crippen LogP contribution in [0.15, 0.2) is 62.9 Å². The fourth-order valence-electron chi connectivity index (χ4n) is 2.67. The number of fused-ring (bicyclic) bond motifs is 1. The lowest BCUT2D eigenvalue weighted by Gasteiger charge is -2.07. The zero-order chi connectivity index (χ0) is 18.5. The number of nitroso groups, excluding NO2 is 1. The third kappa shape index (κ3) is 3.54. The van der Waals surface area contributed by atoms with Gasteiger partial charge in [0.15, 0.2) is 0 Å². The maximum Gasteiger partial charge on any atom is 0.342 e. The second-order valence-corrected chi connectivity index (χ2v) is 5.81. The summed E-state index contributed by atoms with van der Waals surface area (Å²) < 4.78 is 10.4. The van der Waals surface area contributed by atoms with Crippen LogP contribution in [-0.2, 0) is 11.2 Å². The topological polar surface area (TPSA) is 85.9 Å². The first-order valence-corrected chi connectivity index (χ1v) is 8.28. The van der Waals surface area contributed by atoms with Crippen molar-refractivity contribution >= 4 is 22.6 Å². The van der Waals surface area contributed by atoms with Crippen molar-refractivity contribution in [3.8, 4) is 0 Å². The van der Waals surface area contributed by atoms with Gasteiger partial charge in [-0.15, -0.1) is 4.91 Å². The summed E-state index contributed by atoms with van der Waals surface area (Å²) >= 11 is 0. The lowest BCUT2D eigenvalue weighted by molar-refractivity contribution is 0.0505. The Hall–Kier alpha value is -3.28. The first-order chi connectivity index (χ1) is 12.6. The molecule has 3 rings (SSSR count). The van der Waals surface area contributed by atoms with Crippen LogP contribution in [-0.4, -0.2) is 12.6 Å². The fourth-order valence-corrected chi connectivity index (χ4v) is 2.67. The van der Waals surface area contributed by atoms with Gasteiger partial charge in [-0.25, -0.2) is 9.59 Å². The summed E-state index contributed by atoms with van der Waals surface area (Å²) in [7, 11) is 0. The molecule has 2 aromatic carbocycles. The zero-order valence-electron chi connectivity index (χ0n) is 14.2. The van der Waals surface area contributed by atoms with Crippen LogP contribution in [0, 0.1) is 4.91 Å². The number of ether oxygens (including phenoxy) is 1. The van der Waals surface area contributed by atoms with E-state index in [4.69, 9.17) is 9.15 Å². The van der Waals surface area contributed by atoms with Crippen LogP contribution >= 0.6 is 0 Å². The molecule has 0 spiro atoms. The van der Waals surface area contributed by atoms with Crippen molar-refractivity contribution in [2.24, 2.45) is 5.18 Å². The standard InChI is InChI=1S/C20H17NO5/c1-2-11-25-19(22)14-9-7-13(8-10-14)12-16-18(21-24)15-5-3-4-6-17(15)26-20(16)23/h3-10H,2,11-12H2,1H3. The van der Waals surface area contributed by atoms with Crippen LogP contribution in [0.4, 0.5) is 5.69 Å². The van der Waals surface area contributed by atoms with Gasteiger partial charge in [0.2, 0.25) is 0 Å². The first-order valence-electron chi connectivity index (χ1n) is 8.28. The molecular formula is C20H17NO5. The minimum atomic E-state index is -0.593. The lowest BCUT2D eigenvalue weighted by atomic mass is 10.0. The van der Waals surface area contributed by atoms with E-state index in [0.717, 1.165) is 12.0 Å². The van der Waals surface area contributed by atoms with Gasteiger partial charge >= 0.3 is 11.6 Å². The normalized spacial score (nSPS) is 10.7. The average molecular weight is 351 g/mol. The SMILES string of the molecule is CCCOC(=O)c1ccc(Cc2c(N=O)c3ccccc3oc2=O)cc1. The van der Waals surface area contributed by atoms with E-state index in [-0.39, 0.29) is 23.6 Å². The van der Waals surface area contributed by atoms with Gasteiger partial charge < -0.3 is 9.15 Å². The van der Waals surface area contributed by atoms with E-state index in [9.17, 15) is 14.5 Å². The highest BCUT2D eigenvalue weighted by Gasteiger charge is 2.16. The summed E-state index contributed by atoms with van der Waals surface area (Å²) in [5, 5.41) is 3.55. The molecule has 6 nitrogen and oxygen atoms in total. The molecule has 1 aromatic heterocycles. The molecule has 0 aliphatic heterocycles. The summed E-state index contributed by atoms with van der Waals surface area (Å²) in [5.41, 5.74) is 1.20. The highest BCUT2D eigenvalue weighted by atomic mass is 16.5. The number of para-hydroxylation sites is 1. The second kappa shape index (κ2) is 7.74. The van der Waals surface area contributed by atoms with E-state index in [0.29, 0.717) is 23.1 Å². The van der Waals surface area contributed by atoms with E-state index in [1.807, 2.05) is 6.92 Å². The number of hydrogen-bond donors (Lipinski definition) is 0. The third-order valence-corrected chi connectivity index (χ3v) is 3.98. The molecule has 1 heterocycles. The molecule has 26 heavy (non-hydrogen) atoms. The van der Waals surface area contributed by atoms with Crippen LogP contribution in [0.5, 0.6) is 0 Å². The number of carbonyl (C=O) groups excluding carboxylic acids is 1. The Morgan fingerprint density at radius 2 is 1.85 bits per heavy atom. The molecule has 0 bridgehead atoms. The minimum absolute atomic E-state index is 0.0864. The molecule has 0 N–H and O–H groups in total. The Morgan fingerprint density at radius 3 is 2.54 bits per heavy atom. The summed E-state index contributed by atoms with van der Waals surface area (Å²) in [6.45, 7) is 2.29. The molecule has 6 heteroatoms. The molecule has 0 aliphatic rings. The molecule has 0 fully saturated rings. The Labute approximate surface area is 149 Å². The molecule has 0 amide bonds. The van der Waals surface area contributed by atoms with Gasteiger partial charge in [-0.1, -0.05) is 31.2 Å². The van der Waals surface area contributed by atoms with Gasteiger partial charge in [0.25, 0.3) is 0 Å². The summed E-state index contributed by atoms with van der Waals surface area (Å²) in [6, 6.07) is 13.5. The van der Waals surface area contributed by atoms with E-state index >= 15 is 0 Å². The summed E-state index contributed by atoms with van der Waals surface area (Å²) in [6.07, 6.45) is 0.932. The number of nitrogens with zero attached hydrogens (tertiary/aromatic N) is 1. The third-order valence-electron chi connectivity index (χ3n) is 3.98. The average Bonchev–Trinajstić information content (AvgIpc) is 2.67. The lowest BCUT2D eigenvalue weighted by Crippen LogP contribution is -2.09. The van der Waals surface area contributed by atoms with Crippen molar-refractivity contribution in [2.75, 3.05) is 6.61 Å².